The summed E-state index contributed by atoms with van der Waals surface area (Å²) in [5, 5.41) is 3.59. The molecular formula is C20H23ClN2O3. The third-order valence-corrected chi connectivity index (χ3v) is 4.74. The van der Waals surface area contributed by atoms with Crippen molar-refractivity contribution in [1.29, 1.82) is 0 Å². The van der Waals surface area contributed by atoms with Gasteiger partial charge >= 0.3 is 0 Å². The van der Waals surface area contributed by atoms with Gasteiger partial charge in [0.2, 0.25) is 0 Å². The Kier molecular flexibility index (Phi) is 6.50. The van der Waals surface area contributed by atoms with E-state index < -0.39 is 0 Å². The van der Waals surface area contributed by atoms with Crippen LogP contribution in [0.15, 0.2) is 48.5 Å². The van der Waals surface area contributed by atoms with Gasteiger partial charge < -0.3 is 14.8 Å². The van der Waals surface area contributed by atoms with Gasteiger partial charge in [0, 0.05) is 30.2 Å². The van der Waals surface area contributed by atoms with Gasteiger partial charge in [0.15, 0.2) is 0 Å². The van der Waals surface area contributed by atoms with Crippen molar-refractivity contribution in [3.63, 3.8) is 0 Å². The molecule has 1 atom stereocenters. The maximum atomic E-state index is 12.5. The standard InChI is InChI=1S/C20H23ClN2O3/c1-25-18-7-3-4-15(13-18)19(23-8-10-26-11-9-23)14-22-20(24)16-5-2-6-17(21)12-16/h2-7,12-13,19H,8-11,14H2,1H3,(H,22,24). The lowest BCUT2D eigenvalue weighted by atomic mass is 10.0. The van der Waals surface area contributed by atoms with Gasteiger partial charge in [-0.05, 0) is 35.9 Å². The summed E-state index contributed by atoms with van der Waals surface area (Å²) in [5.41, 5.74) is 1.67. The van der Waals surface area contributed by atoms with E-state index >= 15 is 0 Å². The van der Waals surface area contributed by atoms with Gasteiger partial charge in [-0.15, -0.1) is 0 Å². The molecule has 2 aromatic carbocycles. The Hall–Kier alpha value is -2.08. The summed E-state index contributed by atoms with van der Waals surface area (Å²) < 4.78 is 10.8. The largest absolute Gasteiger partial charge is 0.497 e. The van der Waals surface area contributed by atoms with Gasteiger partial charge in [0.1, 0.15) is 5.75 Å². The predicted octanol–water partition coefficient (Wildman–Crippen LogP) is 3.15. The molecule has 1 N–H and O–H groups in total. The molecule has 0 aliphatic carbocycles. The zero-order valence-corrected chi connectivity index (χ0v) is 15.5. The summed E-state index contributed by atoms with van der Waals surface area (Å²) in [6, 6.07) is 15.0. The topological polar surface area (TPSA) is 50.8 Å². The molecule has 0 bridgehead atoms. The Bertz CT molecular complexity index is 747. The molecule has 1 heterocycles. The van der Waals surface area contributed by atoms with Crippen molar-refractivity contribution in [2.45, 2.75) is 6.04 Å². The second-order valence-corrected chi connectivity index (χ2v) is 6.60. The third kappa shape index (κ3) is 4.75. The van der Waals surface area contributed by atoms with Gasteiger partial charge in [0.05, 0.1) is 26.4 Å². The molecule has 138 valence electrons. The minimum atomic E-state index is -0.131. The number of halogens is 1. The van der Waals surface area contributed by atoms with Crippen molar-refractivity contribution in [3.05, 3.63) is 64.7 Å². The highest BCUT2D eigenvalue weighted by Crippen LogP contribution is 2.25. The second-order valence-electron chi connectivity index (χ2n) is 6.16. The number of carbonyl (C=O) groups is 1. The first kappa shape index (κ1) is 18.7. The molecule has 5 nitrogen and oxygen atoms in total. The molecule has 3 rings (SSSR count). The first-order valence-corrected chi connectivity index (χ1v) is 9.04. The SMILES string of the molecule is COc1cccc(C(CNC(=O)c2cccc(Cl)c2)N2CCOCC2)c1. The Morgan fingerprint density at radius 1 is 1.23 bits per heavy atom. The number of nitrogens with zero attached hydrogens (tertiary/aromatic N) is 1. The number of benzene rings is 2. The fourth-order valence-corrected chi connectivity index (χ4v) is 3.31. The molecule has 1 fully saturated rings. The van der Waals surface area contributed by atoms with Crippen LogP contribution in [0.2, 0.25) is 5.02 Å². The lowest BCUT2D eigenvalue weighted by Crippen LogP contribution is -2.43. The zero-order valence-electron chi connectivity index (χ0n) is 14.8. The number of methoxy groups -OCH3 is 1. The van der Waals surface area contributed by atoms with Crippen molar-refractivity contribution in [2.75, 3.05) is 40.0 Å². The molecule has 1 saturated heterocycles. The summed E-state index contributed by atoms with van der Waals surface area (Å²) in [4.78, 5) is 14.8. The highest BCUT2D eigenvalue weighted by Gasteiger charge is 2.23. The van der Waals surface area contributed by atoms with Crippen LogP contribution in [-0.2, 0) is 4.74 Å². The number of hydrogen-bond donors (Lipinski definition) is 1. The average Bonchev–Trinajstić information content (AvgIpc) is 2.69. The number of ether oxygens (including phenoxy) is 2. The van der Waals surface area contributed by atoms with E-state index in [2.05, 4.69) is 16.3 Å². The van der Waals surface area contributed by atoms with E-state index in [1.54, 1.807) is 31.4 Å². The van der Waals surface area contributed by atoms with E-state index in [1.807, 2.05) is 18.2 Å². The minimum absolute atomic E-state index is 0.0529. The second kappa shape index (κ2) is 9.03. The normalized spacial score (nSPS) is 16.1. The van der Waals surface area contributed by atoms with Crippen molar-refractivity contribution in [1.82, 2.24) is 10.2 Å². The van der Waals surface area contributed by atoms with Crippen LogP contribution in [0.25, 0.3) is 0 Å². The maximum absolute atomic E-state index is 12.5. The summed E-state index contributed by atoms with van der Waals surface area (Å²) in [6.45, 7) is 3.55. The number of amides is 1. The molecule has 0 spiro atoms. The highest BCUT2D eigenvalue weighted by atomic mass is 35.5. The molecule has 0 aromatic heterocycles. The average molecular weight is 375 g/mol. The number of hydrogen-bond acceptors (Lipinski definition) is 4. The number of morpholine rings is 1. The Balaban J connectivity index is 1.75. The lowest BCUT2D eigenvalue weighted by Gasteiger charge is -2.35. The molecule has 6 heteroatoms. The van der Waals surface area contributed by atoms with Crippen LogP contribution in [-0.4, -0.2) is 50.8 Å². The molecule has 26 heavy (non-hydrogen) atoms. The lowest BCUT2D eigenvalue weighted by molar-refractivity contribution is 0.0162. The molecular weight excluding hydrogens is 352 g/mol. The van der Waals surface area contributed by atoms with E-state index in [1.165, 1.54) is 0 Å². The van der Waals surface area contributed by atoms with E-state index in [0.717, 1.165) is 24.4 Å². The fraction of sp³-hybridized carbons (Fsp3) is 0.350. The Labute approximate surface area is 158 Å². The molecule has 0 saturated carbocycles. The van der Waals surface area contributed by atoms with Crippen LogP contribution in [0.4, 0.5) is 0 Å². The summed E-state index contributed by atoms with van der Waals surface area (Å²) >= 11 is 5.99. The van der Waals surface area contributed by atoms with Gasteiger partial charge in [-0.3, -0.25) is 9.69 Å². The van der Waals surface area contributed by atoms with E-state index in [-0.39, 0.29) is 11.9 Å². The van der Waals surface area contributed by atoms with Gasteiger partial charge in [-0.2, -0.15) is 0 Å². The van der Waals surface area contributed by atoms with Gasteiger partial charge in [-0.1, -0.05) is 29.8 Å². The first-order valence-electron chi connectivity index (χ1n) is 8.67. The highest BCUT2D eigenvalue weighted by molar-refractivity contribution is 6.30. The quantitative estimate of drug-likeness (QED) is 0.843. The molecule has 2 aromatic rings. The summed E-state index contributed by atoms with van der Waals surface area (Å²) in [6.07, 6.45) is 0. The van der Waals surface area contributed by atoms with Crippen LogP contribution in [0.5, 0.6) is 5.75 Å². The zero-order chi connectivity index (χ0) is 18.4. The minimum Gasteiger partial charge on any atom is -0.497 e. The molecule has 1 unspecified atom stereocenters. The van der Waals surface area contributed by atoms with E-state index in [9.17, 15) is 4.79 Å². The van der Waals surface area contributed by atoms with Crippen LogP contribution in [0.1, 0.15) is 22.0 Å². The number of nitrogens with one attached hydrogen (secondary N) is 1. The van der Waals surface area contributed by atoms with Crippen molar-refractivity contribution >= 4 is 17.5 Å². The smallest absolute Gasteiger partial charge is 0.251 e. The van der Waals surface area contributed by atoms with Crippen molar-refractivity contribution < 1.29 is 14.3 Å². The summed E-state index contributed by atoms with van der Waals surface area (Å²) in [7, 11) is 1.66. The van der Waals surface area contributed by atoms with Gasteiger partial charge in [-0.25, -0.2) is 0 Å². The van der Waals surface area contributed by atoms with Crippen molar-refractivity contribution in [3.8, 4) is 5.75 Å². The Morgan fingerprint density at radius 2 is 2.00 bits per heavy atom. The number of rotatable bonds is 6. The first-order chi connectivity index (χ1) is 12.7. The van der Waals surface area contributed by atoms with Gasteiger partial charge in [0.25, 0.3) is 5.91 Å². The van der Waals surface area contributed by atoms with E-state index in [4.69, 9.17) is 21.1 Å². The maximum Gasteiger partial charge on any atom is 0.251 e. The van der Waals surface area contributed by atoms with Crippen molar-refractivity contribution in [2.24, 2.45) is 0 Å². The predicted molar refractivity (Wildman–Crippen MR) is 102 cm³/mol. The van der Waals surface area contributed by atoms with Crippen LogP contribution in [0, 0.1) is 0 Å². The van der Waals surface area contributed by atoms with Crippen LogP contribution >= 0.6 is 11.6 Å². The Morgan fingerprint density at radius 3 is 2.73 bits per heavy atom. The molecule has 1 amide bonds. The van der Waals surface area contributed by atoms with Crippen LogP contribution in [0.3, 0.4) is 0 Å². The third-order valence-electron chi connectivity index (χ3n) is 4.51. The molecule has 0 radical (unpaired) electrons. The monoisotopic (exact) mass is 374 g/mol. The molecule has 1 aliphatic heterocycles. The van der Waals surface area contributed by atoms with Crippen LogP contribution < -0.4 is 10.1 Å². The fourth-order valence-electron chi connectivity index (χ4n) is 3.12. The molecule has 1 aliphatic rings. The summed E-state index contributed by atoms with van der Waals surface area (Å²) in [5.74, 6) is 0.676. The van der Waals surface area contributed by atoms with E-state index in [0.29, 0.717) is 30.3 Å². The number of carbonyl (C=O) groups excluding carboxylic acids is 1.